The summed E-state index contributed by atoms with van der Waals surface area (Å²) in [5.41, 5.74) is 8.00. The molecule has 0 saturated carbocycles. The minimum absolute atomic E-state index is 0.100. The molecule has 1 amide bonds. The van der Waals surface area contributed by atoms with Crippen molar-refractivity contribution in [2.24, 2.45) is 0 Å². The molecule has 31 heavy (non-hydrogen) atoms. The Morgan fingerprint density at radius 1 is 1.29 bits per heavy atom. The number of aryl methyl sites for hydroxylation is 2. The smallest absolute Gasteiger partial charge is 0.253 e. The third-order valence-corrected chi connectivity index (χ3v) is 5.42. The summed E-state index contributed by atoms with van der Waals surface area (Å²) in [7, 11) is 1.94. The van der Waals surface area contributed by atoms with Crippen molar-refractivity contribution in [1.29, 1.82) is 0 Å². The van der Waals surface area contributed by atoms with Crippen LogP contribution in [0.2, 0.25) is 0 Å². The standard InChI is InChI=1S/C22H27N7O2/c1-12(2)29-20-18(10-25-29)16(7-19(27-20)15-8-24-28(5)11-15)21(30)23-9-17-13(3)6-14(4)26-22(17)31/h6-8,10,12,24H,9,11H2,1-5H3,(H,23,30)(H,26,31). The predicted octanol–water partition coefficient (Wildman–Crippen LogP) is 2.04. The van der Waals surface area contributed by atoms with Gasteiger partial charge < -0.3 is 15.7 Å². The first-order chi connectivity index (χ1) is 14.7. The molecule has 0 bridgehead atoms. The van der Waals surface area contributed by atoms with Crippen LogP contribution in [0.1, 0.15) is 52.8 Å². The third-order valence-electron chi connectivity index (χ3n) is 5.42. The highest BCUT2D eigenvalue weighted by Crippen LogP contribution is 2.25. The number of rotatable bonds is 5. The van der Waals surface area contributed by atoms with Gasteiger partial charge in [-0.05, 0) is 45.4 Å². The number of nitrogens with one attached hydrogen (secondary N) is 3. The van der Waals surface area contributed by atoms with Crippen LogP contribution in [0.4, 0.5) is 0 Å². The molecule has 4 heterocycles. The Hall–Kier alpha value is -3.46. The molecular weight excluding hydrogens is 394 g/mol. The van der Waals surface area contributed by atoms with Gasteiger partial charge in [-0.1, -0.05) is 0 Å². The van der Waals surface area contributed by atoms with E-state index in [0.29, 0.717) is 28.7 Å². The maximum atomic E-state index is 13.2. The number of fused-ring (bicyclic) bond motifs is 1. The number of carbonyl (C=O) groups excluding carboxylic acids is 1. The number of carbonyl (C=O) groups is 1. The lowest BCUT2D eigenvalue weighted by Crippen LogP contribution is -2.28. The molecular formula is C22H27N7O2. The molecule has 0 radical (unpaired) electrons. The van der Waals surface area contributed by atoms with Crippen LogP contribution in [0.5, 0.6) is 0 Å². The molecule has 4 rings (SSSR count). The van der Waals surface area contributed by atoms with Gasteiger partial charge in [0, 0.05) is 49.2 Å². The molecule has 0 spiro atoms. The highest BCUT2D eigenvalue weighted by molar-refractivity contribution is 6.06. The fraction of sp³-hybridized carbons (Fsp3) is 0.364. The molecule has 1 aliphatic heterocycles. The zero-order chi connectivity index (χ0) is 22.3. The van der Waals surface area contributed by atoms with Crippen molar-refractivity contribution >= 4 is 22.5 Å². The average Bonchev–Trinajstić information content (AvgIpc) is 3.32. The molecule has 0 unspecified atom stereocenters. The van der Waals surface area contributed by atoms with E-state index in [2.05, 4.69) is 20.8 Å². The van der Waals surface area contributed by atoms with E-state index < -0.39 is 0 Å². The van der Waals surface area contributed by atoms with Gasteiger partial charge in [-0.3, -0.25) is 9.59 Å². The molecule has 3 aromatic rings. The summed E-state index contributed by atoms with van der Waals surface area (Å²) in [6, 6.07) is 3.79. The molecule has 0 saturated heterocycles. The van der Waals surface area contributed by atoms with Gasteiger partial charge in [0.2, 0.25) is 0 Å². The maximum Gasteiger partial charge on any atom is 0.253 e. The quantitative estimate of drug-likeness (QED) is 0.582. The van der Waals surface area contributed by atoms with Crippen molar-refractivity contribution in [2.75, 3.05) is 13.6 Å². The van der Waals surface area contributed by atoms with E-state index in [4.69, 9.17) is 4.98 Å². The lowest BCUT2D eigenvalue weighted by atomic mass is 10.1. The Morgan fingerprint density at radius 3 is 2.71 bits per heavy atom. The normalized spacial score (nSPS) is 14.2. The summed E-state index contributed by atoms with van der Waals surface area (Å²) in [6.07, 6.45) is 3.57. The fourth-order valence-electron chi connectivity index (χ4n) is 3.80. The van der Waals surface area contributed by atoms with E-state index >= 15 is 0 Å². The minimum atomic E-state index is -0.267. The number of pyridine rings is 2. The molecule has 9 nitrogen and oxygen atoms in total. The fourth-order valence-corrected chi connectivity index (χ4v) is 3.80. The third kappa shape index (κ3) is 3.96. The average molecular weight is 422 g/mol. The van der Waals surface area contributed by atoms with Crippen molar-refractivity contribution < 1.29 is 4.79 Å². The first-order valence-electron chi connectivity index (χ1n) is 10.3. The highest BCUT2D eigenvalue weighted by Gasteiger charge is 2.21. The molecule has 9 heteroatoms. The molecule has 3 aromatic heterocycles. The highest BCUT2D eigenvalue weighted by atomic mass is 16.1. The van der Waals surface area contributed by atoms with Gasteiger partial charge in [-0.25, -0.2) is 14.7 Å². The molecule has 0 aromatic carbocycles. The van der Waals surface area contributed by atoms with Crippen molar-refractivity contribution in [2.45, 2.75) is 40.3 Å². The summed E-state index contributed by atoms with van der Waals surface area (Å²) in [5, 5.41) is 9.98. The van der Waals surface area contributed by atoms with Crippen molar-refractivity contribution in [3.05, 3.63) is 63.0 Å². The van der Waals surface area contributed by atoms with Crippen LogP contribution in [0.25, 0.3) is 16.6 Å². The Labute approximate surface area is 180 Å². The first-order valence-corrected chi connectivity index (χ1v) is 10.3. The monoisotopic (exact) mass is 421 g/mol. The minimum Gasteiger partial charge on any atom is -0.348 e. The lowest BCUT2D eigenvalue weighted by molar-refractivity contribution is 0.0952. The van der Waals surface area contributed by atoms with Crippen LogP contribution < -0.4 is 16.3 Å². The molecule has 162 valence electrons. The lowest BCUT2D eigenvalue weighted by Gasteiger charge is -2.12. The first kappa shape index (κ1) is 20.8. The Bertz CT molecular complexity index is 1250. The number of H-pyrrole nitrogens is 1. The predicted molar refractivity (Wildman–Crippen MR) is 119 cm³/mol. The van der Waals surface area contributed by atoms with Crippen LogP contribution in [-0.2, 0) is 6.54 Å². The van der Waals surface area contributed by atoms with Gasteiger partial charge >= 0.3 is 0 Å². The van der Waals surface area contributed by atoms with Crippen molar-refractivity contribution in [3.63, 3.8) is 0 Å². The zero-order valence-electron chi connectivity index (χ0n) is 18.4. The Balaban J connectivity index is 1.72. The van der Waals surface area contributed by atoms with E-state index in [1.54, 1.807) is 12.3 Å². The number of hydrazine groups is 1. The van der Waals surface area contributed by atoms with Gasteiger partial charge in [0.25, 0.3) is 11.5 Å². The van der Waals surface area contributed by atoms with Gasteiger partial charge in [-0.2, -0.15) is 5.10 Å². The van der Waals surface area contributed by atoms with Crippen molar-refractivity contribution in [3.8, 4) is 0 Å². The number of hydrogen-bond donors (Lipinski definition) is 3. The SMILES string of the molecule is Cc1cc(C)c(CNC(=O)c2cc(C3=CNN(C)C3)nc3c2cnn3C(C)C)c(=O)[nH]1. The zero-order valence-corrected chi connectivity index (χ0v) is 18.4. The molecule has 0 aliphatic carbocycles. The number of aromatic nitrogens is 4. The Morgan fingerprint density at radius 2 is 2.06 bits per heavy atom. The van der Waals surface area contributed by atoms with E-state index in [0.717, 1.165) is 22.5 Å². The Kier molecular flexibility index (Phi) is 5.36. The van der Waals surface area contributed by atoms with Gasteiger partial charge in [0.1, 0.15) is 0 Å². The summed E-state index contributed by atoms with van der Waals surface area (Å²) < 4.78 is 1.82. The maximum absolute atomic E-state index is 13.2. The second-order valence-corrected chi connectivity index (χ2v) is 8.26. The van der Waals surface area contributed by atoms with E-state index in [1.807, 2.05) is 56.7 Å². The van der Waals surface area contributed by atoms with E-state index in [-0.39, 0.29) is 24.1 Å². The van der Waals surface area contributed by atoms with Crippen LogP contribution in [-0.4, -0.2) is 44.3 Å². The molecule has 1 aliphatic rings. The van der Waals surface area contributed by atoms with Gasteiger partial charge in [-0.15, -0.1) is 0 Å². The summed E-state index contributed by atoms with van der Waals surface area (Å²) in [5.74, 6) is -0.267. The molecule has 0 fully saturated rings. The van der Waals surface area contributed by atoms with Gasteiger partial charge in [0.05, 0.1) is 22.8 Å². The molecule has 0 atom stereocenters. The number of aromatic amines is 1. The topological polar surface area (TPSA) is 108 Å². The second-order valence-electron chi connectivity index (χ2n) is 8.26. The van der Waals surface area contributed by atoms with Crippen molar-refractivity contribution in [1.82, 2.24) is 35.5 Å². The summed E-state index contributed by atoms with van der Waals surface area (Å²) in [6.45, 7) is 8.57. The number of amides is 1. The van der Waals surface area contributed by atoms with Gasteiger partial charge in [0.15, 0.2) is 5.65 Å². The largest absolute Gasteiger partial charge is 0.348 e. The van der Waals surface area contributed by atoms with Crippen LogP contribution in [0, 0.1) is 13.8 Å². The van der Waals surface area contributed by atoms with Crippen LogP contribution in [0.3, 0.4) is 0 Å². The van der Waals surface area contributed by atoms with E-state index in [9.17, 15) is 9.59 Å². The van der Waals surface area contributed by atoms with E-state index in [1.165, 1.54) is 0 Å². The molecule has 3 N–H and O–H groups in total. The summed E-state index contributed by atoms with van der Waals surface area (Å²) in [4.78, 5) is 33.1. The number of hydrogen-bond acceptors (Lipinski definition) is 6. The number of nitrogens with zero attached hydrogens (tertiary/aromatic N) is 4. The summed E-state index contributed by atoms with van der Waals surface area (Å²) >= 11 is 0. The van der Waals surface area contributed by atoms with Crippen LogP contribution >= 0.6 is 0 Å². The number of likely N-dealkylation sites (N-methyl/N-ethyl adjacent to an activating group) is 1. The second kappa shape index (κ2) is 7.99. The van der Waals surface area contributed by atoms with Crippen LogP contribution in [0.15, 0.2) is 29.3 Å².